The molecule has 0 saturated heterocycles. The van der Waals surface area contributed by atoms with E-state index in [2.05, 4.69) is 0 Å². The number of likely N-dealkylation sites (N-methyl/N-ethyl adjacent to an activating group) is 1. The van der Waals surface area contributed by atoms with Gasteiger partial charge in [0.05, 0.1) is 11.5 Å². The van der Waals surface area contributed by atoms with Gasteiger partial charge in [-0.05, 0) is 18.6 Å². The van der Waals surface area contributed by atoms with E-state index in [1.165, 1.54) is 18.2 Å². The van der Waals surface area contributed by atoms with Crippen LogP contribution in [0, 0.1) is 17.0 Å². The Hall–Kier alpha value is -3.19. The van der Waals surface area contributed by atoms with Crippen molar-refractivity contribution in [1.29, 1.82) is 0 Å². The van der Waals surface area contributed by atoms with Crippen molar-refractivity contribution < 1.29 is 19.2 Å². The molecule has 0 atom stereocenters. The minimum Gasteiger partial charge on any atom is -0.467 e. The first-order valence-corrected chi connectivity index (χ1v) is 8.44. The molecule has 0 unspecified atom stereocenters. The number of benzene rings is 2. The van der Waals surface area contributed by atoms with Crippen LogP contribution in [-0.4, -0.2) is 29.6 Å². The first kappa shape index (κ1) is 18.6. The van der Waals surface area contributed by atoms with E-state index in [1.54, 1.807) is 18.0 Å². The van der Waals surface area contributed by atoms with E-state index >= 15 is 0 Å². The first-order valence-electron chi connectivity index (χ1n) is 8.44. The Labute approximate surface area is 157 Å². The highest BCUT2D eigenvalue weighted by Gasteiger charge is 2.20. The van der Waals surface area contributed by atoms with E-state index in [1.807, 2.05) is 31.2 Å². The summed E-state index contributed by atoms with van der Waals surface area (Å²) in [6.07, 6.45) is 2.94. The van der Waals surface area contributed by atoms with E-state index in [4.69, 9.17) is 9.47 Å². The van der Waals surface area contributed by atoms with Gasteiger partial charge in [-0.25, -0.2) is 0 Å². The van der Waals surface area contributed by atoms with Crippen molar-refractivity contribution in [3.05, 3.63) is 74.8 Å². The number of nitrogens with zero attached hydrogens (tertiary/aromatic N) is 2. The zero-order chi connectivity index (χ0) is 19.4. The molecule has 3 rings (SSSR count). The van der Waals surface area contributed by atoms with Crippen molar-refractivity contribution in [3.63, 3.8) is 0 Å². The van der Waals surface area contributed by atoms with Crippen LogP contribution in [0.2, 0.25) is 0 Å². The molecular formula is C20H20N2O5. The van der Waals surface area contributed by atoms with E-state index in [0.717, 1.165) is 11.1 Å². The molecule has 27 heavy (non-hydrogen) atoms. The number of hydrogen-bond acceptors (Lipinski definition) is 5. The third kappa shape index (κ3) is 4.51. The Morgan fingerprint density at radius 3 is 2.74 bits per heavy atom. The normalized spacial score (nSPS) is 13.1. The summed E-state index contributed by atoms with van der Waals surface area (Å²) < 4.78 is 10.6. The van der Waals surface area contributed by atoms with Gasteiger partial charge in [-0.3, -0.25) is 14.9 Å². The quantitative estimate of drug-likeness (QED) is 0.459. The molecule has 0 aliphatic carbocycles. The third-order valence-electron chi connectivity index (χ3n) is 4.26. The van der Waals surface area contributed by atoms with Crippen LogP contribution in [0.1, 0.15) is 22.3 Å². The monoisotopic (exact) mass is 368 g/mol. The molecule has 7 heteroatoms. The van der Waals surface area contributed by atoms with Crippen molar-refractivity contribution in [2.75, 3.05) is 13.8 Å². The van der Waals surface area contributed by atoms with Gasteiger partial charge in [0.25, 0.3) is 5.69 Å². The Morgan fingerprint density at radius 2 is 2.04 bits per heavy atom. The molecule has 2 aromatic rings. The second kappa shape index (κ2) is 8.01. The van der Waals surface area contributed by atoms with Crippen molar-refractivity contribution in [1.82, 2.24) is 4.90 Å². The van der Waals surface area contributed by atoms with Crippen LogP contribution >= 0.6 is 0 Å². The zero-order valence-corrected chi connectivity index (χ0v) is 15.2. The molecule has 0 N–H and O–H groups in total. The maximum Gasteiger partial charge on any atom is 0.270 e. The maximum absolute atomic E-state index is 12.4. The van der Waals surface area contributed by atoms with Crippen molar-refractivity contribution in [2.45, 2.75) is 20.1 Å². The molecule has 0 bridgehead atoms. The second-order valence-electron chi connectivity index (χ2n) is 6.40. The van der Waals surface area contributed by atoms with Gasteiger partial charge >= 0.3 is 0 Å². The molecule has 2 aromatic carbocycles. The number of aryl methyl sites for hydroxylation is 1. The fourth-order valence-corrected chi connectivity index (χ4v) is 2.79. The molecular weight excluding hydrogens is 348 g/mol. The standard InChI is InChI=1S/C20H20N2O5/c1-14-3-5-15(6-4-14)11-21(2)19(23)8-7-16-9-18(22(24)25)10-17-12-26-13-27-20(16)17/h3-10H,11-13H2,1-2H3/b8-7+. The van der Waals surface area contributed by atoms with E-state index in [0.29, 0.717) is 23.4 Å². The van der Waals surface area contributed by atoms with Gasteiger partial charge in [-0.2, -0.15) is 0 Å². The van der Waals surface area contributed by atoms with Crippen LogP contribution in [0.15, 0.2) is 42.5 Å². The smallest absolute Gasteiger partial charge is 0.270 e. The fourth-order valence-electron chi connectivity index (χ4n) is 2.79. The summed E-state index contributed by atoms with van der Waals surface area (Å²) in [5, 5.41) is 11.1. The molecule has 0 spiro atoms. The minimum absolute atomic E-state index is 0.0667. The van der Waals surface area contributed by atoms with Gasteiger partial charge in [0, 0.05) is 42.9 Å². The topological polar surface area (TPSA) is 81.9 Å². The molecule has 0 aromatic heterocycles. The second-order valence-corrected chi connectivity index (χ2v) is 6.40. The minimum atomic E-state index is -0.475. The molecule has 140 valence electrons. The summed E-state index contributed by atoms with van der Waals surface area (Å²) in [6.45, 7) is 2.79. The summed E-state index contributed by atoms with van der Waals surface area (Å²) in [5.41, 5.74) is 3.20. The van der Waals surface area contributed by atoms with Gasteiger partial charge in [0.2, 0.25) is 5.91 Å². The number of amides is 1. The highest BCUT2D eigenvalue weighted by atomic mass is 16.7. The average Bonchev–Trinajstić information content (AvgIpc) is 2.67. The summed E-state index contributed by atoms with van der Waals surface area (Å²) in [7, 11) is 1.71. The summed E-state index contributed by atoms with van der Waals surface area (Å²) in [5.74, 6) is 0.306. The Bertz CT molecular complexity index is 890. The van der Waals surface area contributed by atoms with Crippen molar-refractivity contribution >= 4 is 17.7 Å². The van der Waals surface area contributed by atoms with Crippen LogP contribution < -0.4 is 4.74 Å². The number of carbonyl (C=O) groups excluding carboxylic acids is 1. The van der Waals surface area contributed by atoms with E-state index < -0.39 is 4.92 Å². The van der Waals surface area contributed by atoms with Gasteiger partial charge in [-0.1, -0.05) is 29.8 Å². The molecule has 1 aliphatic rings. The lowest BCUT2D eigenvalue weighted by molar-refractivity contribution is -0.385. The Balaban J connectivity index is 1.78. The van der Waals surface area contributed by atoms with Gasteiger partial charge in [-0.15, -0.1) is 0 Å². The predicted octanol–water partition coefficient (Wildman–Crippen LogP) is 3.44. The maximum atomic E-state index is 12.4. The van der Waals surface area contributed by atoms with Crippen LogP contribution in [-0.2, 0) is 22.7 Å². The summed E-state index contributed by atoms with van der Waals surface area (Å²) in [4.78, 5) is 24.7. The molecule has 1 amide bonds. The summed E-state index contributed by atoms with van der Waals surface area (Å²) in [6, 6.07) is 10.8. The van der Waals surface area contributed by atoms with Gasteiger partial charge < -0.3 is 14.4 Å². The van der Waals surface area contributed by atoms with Crippen LogP contribution in [0.4, 0.5) is 5.69 Å². The number of hydrogen-bond donors (Lipinski definition) is 0. The molecule has 0 fully saturated rings. The SMILES string of the molecule is Cc1ccc(CN(C)C(=O)/C=C/c2cc([N+](=O)[O-])cc3c2OCOC3)cc1. The third-order valence-corrected chi connectivity index (χ3v) is 4.26. The molecule has 1 aliphatic heterocycles. The fraction of sp³-hybridized carbons (Fsp3) is 0.250. The predicted molar refractivity (Wildman–Crippen MR) is 100 cm³/mol. The number of ether oxygens (including phenoxy) is 2. The lowest BCUT2D eigenvalue weighted by Gasteiger charge is -2.19. The largest absolute Gasteiger partial charge is 0.467 e. The molecule has 1 heterocycles. The number of carbonyl (C=O) groups is 1. The van der Waals surface area contributed by atoms with Crippen LogP contribution in [0.25, 0.3) is 6.08 Å². The number of rotatable bonds is 5. The van der Waals surface area contributed by atoms with E-state index in [9.17, 15) is 14.9 Å². The average molecular weight is 368 g/mol. The zero-order valence-electron chi connectivity index (χ0n) is 15.2. The number of nitro groups is 1. The molecule has 0 radical (unpaired) electrons. The van der Waals surface area contributed by atoms with Crippen molar-refractivity contribution in [2.24, 2.45) is 0 Å². The Morgan fingerprint density at radius 1 is 1.30 bits per heavy atom. The van der Waals surface area contributed by atoms with Crippen LogP contribution in [0.5, 0.6) is 5.75 Å². The highest BCUT2D eigenvalue weighted by molar-refractivity contribution is 5.92. The highest BCUT2D eigenvalue weighted by Crippen LogP contribution is 2.33. The lowest BCUT2D eigenvalue weighted by Crippen LogP contribution is -2.24. The van der Waals surface area contributed by atoms with Gasteiger partial charge in [0.1, 0.15) is 5.75 Å². The number of fused-ring (bicyclic) bond motifs is 1. The molecule has 0 saturated carbocycles. The van der Waals surface area contributed by atoms with E-state index in [-0.39, 0.29) is 25.0 Å². The van der Waals surface area contributed by atoms with Crippen LogP contribution in [0.3, 0.4) is 0 Å². The first-order chi connectivity index (χ1) is 12.9. The number of non-ortho nitro benzene ring substituents is 1. The molecule has 7 nitrogen and oxygen atoms in total. The van der Waals surface area contributed by atoms with Gasteiger partial charge in [0.15, 0.2) is 6.79 Å². The number of nitro benzene ring substituents is 1. The van der Waals surface area contributed by atoms with Crippen molar-refractivity contribution in [3.8, 4) is 5.75 Å². The lowest BCUT2D eigenvalue weighted by atomic mass is 10.1. The Kier molecular flexibility index (Phi) is 5.52. The summed E-state index contributed by atoms with van der Waals surface area (Å²) >= 11 is 0.